The Morgan fingerprint density at radius 2 is 1.46 bits per heavy atom. The second-order valence-electron chi connectivity index (χ2n) is 10.7. The first kappa shape index (κ1) is 27.0. The molecule has 0 aliphatic heterocycles. The maximum atomic E-state index is 13.8. The highest BCUT2D eigenvalue weighted by atomic mass is 32.1. The van der Waals surface area contributed by atoms with Crippen LogP contribution in [0.25, 0.3) is 62.8 Å². The molecule has 11 heteroatoms. The number of benzene rings is 4. The van der Waals surface area contributed by atoms with E-state index in [0.29, 0.717) is 27.5 Å². The predicted molar refractivity (Wildman–Crippen MR) is 185 cm³/mol. The molecule has 0 saturated carbocycles. The number of aromatic nitrogens is 3. The van der Waals surface area contributed by atoms with Gasteiger partial charge in [0.15, 0.2) is 5.36 Å². The number of hydrogen-bond acceptors (Lipinski definition) is 10. The zero-order chi connectivity index (χ0) is 30.9. The molecule has 46 heavy (non-hydrogen) atoms. The van der Waals surface area contributed by atoms with Crippen LogP contribution >= 0.6 is 34.4 Å². The first-order chi connectivity index (χ1) is 22.6. The molecule has 0 aliphatic rings. The molecule has 0 atom stereocenters. The van der Waals surface area contributed by atoms with E-state index >= 15 is 0 Å². The van der Waals surface area contributed by atoms with Crippen LogP contribution in [0.4, 0.5) is 10.5 Å². The van der Waals surface area contributed by atoms with Crippen molar-refractivity contribution in [2.24, 2.45) is 4.99 Å². The third-order valence-electron chi connectivity index (χ3n) is 8.08. The van der Waals surface area contributed by atoms with E-state index in [0.717, 1.165) is 58.3 Å². The summed E-state index contributed by atoms with van der Waals surface area (Å²) in [6.45, 7) is 0.158. The minimum absolute atomic E-state index is 0.125. The molecule has 0 saturated heterocycles. The van der Waals surface area contributed by atoms with Gasteiger partial charge in [-0.05, 0) is 29.8 Å². The quantitative estimate of drug-likeness (QED) is 0.191. The van der Waals surface area contributed by atoms with Gasteiger partial charge >= 0.3 is 6.09 Å². The van der Waals surface area contributed by atoms with Crippen molar-refractivity contribution >= 4 is 98.5 Å². The molecule has 4 heterocycles. The largest absolute Gasteiger partial charge is 0.444 e. The van der Waals surface area contributed by atoms with E-state index < -0.39 is 17.0 Å². The molecule has 9 rings (SSSR count). The highest BCUT2D eigenvalue weighted by Crippen LogP contribution is 2.47. The molecule has 0 unspecified atom stereocenters. The molecule has 0 amide bonds. The lowest BCUT2D eigenvalue weighted by atomic mass is 10.1. The molecule has 0 spiro atoms. The van der Waals surface area contributed by atoms with Gasteiger partial charge in [0, 0.05) is 31.3 Å². The Morgan fingerprint density at radius 1 is 0.761 bits per heavy atom. The van der Waals surface area contributed by atoms with E-state index in [1.165, 1.54) is 0 Å². The van der Waals surface area contributed by atoms with Crippen LogP contribution in [0.15, 0.2) is 112 Å². The van der Waals surface area contributed by atoms with Gasteiger partial charge in [-0.3, -0.25) is 9.59 Å². The summed E-state index contributed by atoms with van der Waals surface area (Å²) in [6.07, 6.45) is -0.449. The fraction of sp³-hybridized carbons (Fsp3) is 0.0286. The number of hydrogen-bond donors (Lipinski definition) is 0. The van der Waals surface area contributed by atoms with Crippen LogP contribution < -0.4 is 16.2 Å². The molecular formula is C35H18N4O4S3. The van der Waals surface area contributed by atoms with Gasteiger partial charge in [0.1, 0.15) is 17.6 Å². The van der Waals surface area contributed by atoms with E-state index in [1.54, 1.807) is 57.6 Å². The molecule has 220 valence electrons. The first-order valence-corrected chi connectivity index (χ1v) is 16.6. The van der Waals surface area contributed by atoms with Crippen LogP contribution in [0.2, 0.25) is 0 Å². The number of carbonyl (C=O) groups is 1. The zero-order valence-electron chi connectivity index (χ0n) is 23.6. The molecule has 0 aliphatic carbocycles. The average Bonchev–Trinajstić information content (AvgIpc) is 3.90. The first-order valence-electron chi connectivity index (χ1n) is 14.3. The SMILES string of the molecule is O=C(OCc1ccccc1)n1c2cc(-c3ccc(N=c4c(=O)c5ccccc5c4=O)c4nsnc34)sc2c2sc3ccccc3c21. The average molecular weight is 655 g/mol. The summed E-state index contributed by atoms with van der Waals surface area (Å²) >= 11 is 4.26. The van der Waals surface area contributed by atoms with Crippen molar-refractivity contribution in [1.29, 1.82) is 0 Å². The lowest BCUT2D eigenvalue weighted by Gasteiger charge is -2.08. The Hall–Kier alpha value is -5.36. The van der Waals surface area contributed by atoms with Crippen LogP contribution in [-0.4, -0.2) is 19.4 Å². The summed E-state index contributed by atoms with van der Waals surface area (Å²) in [7, 11) is 0. The Bertz CT molecular complexity index is 2790. The highest BCUT2D eigenvalue weighted by Gasteiger charge is 2.25. The van der Waals surface area contributed by atoms with Gasteiger partial charge in [-0.25, -0.2) is 14.4 Å². The summed E-state index contributed by atoms with van der Waals surface area (Å²) in [4.78, 5) is 45.2. The van der Waals surface area contributed by atoms with Crippen LogP contribution in [-0.2, 0) is 11.3 Å². The van der Waals surface area contributed by atoms with Crippen LogP contribution in [0.5, 0.6) is 0 Å². The fourth-order valence-electron chi connectivity index (χ4n) is 5.95. The van der Waals surface area contributed by atoms with Crippen molar-refractivity contribution in [2.45, 2.75) is 6.61 Å². The van der Waals surface area contributed by atoms with E-state index in [9.17, 15) is 14.4 Å². The molecule has 0 fully saturated rings. The van der Waals surface area contributed by atoms with Crippen molar-refractivity contribution in [1.82, 2.24) is 13.3 Å². The standard InChI is InChI=1S/C35H18N4O4S3/c40-31-19-10-4-5-11-20(19)32(41)29(31)36-23-15-14-21(27-28(23)38-46-37-27)26-16-24-33(45-26)34-30(22-12-6-7-13-25(22)44-34)39(24)35(42)43-17-18-8-2-1-3-9-18/h1-16H,17H2. The van der Waals surface area contributed by atoms with Gasteiger partial charge in [0.25, 0.3) is 0 Å². The van der Waals surface area contributed by atoms with Crippen molar-refractivity contribution < 1.29 is 9.53 Å². The Labute approximate surface area is 270 Å². The number of ether oxygens (including phenoxy) is 1. The summed E-state index contributed by atoms with van der Waals surface area (Å²) < 4.78 is 19.7. The molecule has 9 aromatic rings. The maximum Gasteiger partial charge on any atom is 0.419 e. The molecule has 0 bridgehead atoms. The van der Waals surface area contributed by atoms with Crippen LogP contribution in [0, 0.1) is 0 Å². The third-order valence-corrected chi connectivity index (χ3v) is 11.1. The molecule has 5 aromatic carbocycles. The van der Waals surface area contributed by atoms with Crippen LogP contribution in [0.1, 0.15) is 5.56 Å². The summed E-state index contributed by atoms with van der Waals surface area (Å²) in [5, 5.41) is 1.59. The van der Waals surface area contributed by atoms with E-state index in [2.05, 4.69) is 19.8 Å². The molecule has 8 nitrogen and oxygen atoms in total. The summed E-state index contributed by atoms with van der Waals surface area (Å²) in [5.41, 5.74) is 4.04. The minimum atomic E-state index is -0.449. The number of thiophene rings is 2. The topological polar surface area (TPSA) is 104 Å². The van der Waals surface area contributed by atoms with E-state index in [4.69, 9.17) is 4.74 Å². The zero-order valence-corrected chi connectivity index (χ0v) is 26.0. The van der Waals surface area contributed by atoms with Crippen molar-refractivity contribution in [3.63, 3.8) is 0 Å². The summed E-state index contributed by atoms with van der Waals surface area (Å²) in [6, 6.07) is 30.0. The van der Waals surface area contributed by atoms with E-state index in [-0.39, 0.29) is 12.0 Å². The van der Waals surface area contributed by atoms with Crippen molar-refractivity contribution in [3.05, 3.63) is 128 Å². The normalized spacial score (nSPS) is 11.8. The van der Waals surface area contributed by atoms with Gasteiger partial charge in [-0.2, -0.15) is 8.75 Å². The third kappa shape index (κ3) is 4.02. The number of carbonyl (C=O) groups excluding carboxylic acids is 1. The Morgan fingerprint density at radius 3 is 2.24 bits per heavy atom. The van der Waals surface area contributed by atoms with Gasteiger partial charge in [-0.1, -0.05) is 72.8 Å². The molecule has 0 N–H and O–H groups in total. The smallest absolute Gasteiger partial charge is 0.419 e. The number of rotatable bonds is 4. The monoisotopic (exact) mass is 654 g/mol. The van der Waals surface area contributed by atoms with Crippen molar-refractivity contribution in [2.75, 3.05) is 0 Å². The van der Waals surface area contributed by atoms with Crippen LogP contribution in [0.3, 0.4) is 0 Å². The molecule has 4 aromatic heterocycles. The van der Waals surface area contributed by atoms with Crippen molar-refractivity contribution in [3.8, 4) is 10.4 Å². The van der Waals surface area contributed by atoms with Gasteiger partial charge in [0.2, 0.25) is 10.9 Å². The number of nitrogens with zero attached hydrogens (tertiary/aromatic N) is 4. The molecular weight excluding hydrogens is 637 g/mol. The second-order valence-corrected chi connectivity index (χ2v) is 13.4. The lowest BCUT2D eigenvalue weighted by Crippen LogP contribution is -2.31. The Balaban J connectivity index is 1.20. The second kappa shape index (κ2) is 10.3. The maximum absolute atomic E-state index is 13.8. The van der Waals surface area contributed by atoms with Gasteiger partial charge in [0.05, 0.1) is 37.8 Å². The minimum Gasteiger partial charge on any atom is -0.444 e. The molecule has 0 radical (unpaired) electrons. The Kier molecular flexibility index (Phi) is 6.07. The van der Waals surface area contributed by atoms with Gasteiger partial charge in [-0.15, -0.1) is 22.7 Å². The predicted octanol–water partition coefficient (Wildman–Crippen LogP) is 7.91. The highest BCUT2D eigenvalue weighted by molar-refractivity contribution is 7.32. The summed E-state index contributed by atoms with van der Waals surface area (Å²) in [5.74, 6) is 0. The van der Waals surface area contributed by atoms with E-state index in [1.807, 2.05) is 60.7 Å². The van der Waals surface area contributed by atoms with Gasteiger partial charge < -0.3 is 4.74 Å². The lowest BCUT2D eigenvalue weighted by molar-refractivity contribution is 0.143. The number of fused-ring (bicyclic) bond motifs is 7. The fourth-order valence-corrected chi connectivity index (χ4v) is 9.01.